The van der Waals surface area contributed by atoms with E-state index in [4.69, 9.17) is 0 Å². The lowest BCUT2D eigenvalue weighted by Crippen LogP contribution is -2.26. The smallest absolute Gasteiger partial charge is 0.144 e. The standard InChI is InChI=1S/C12H18N2O/c1-12(6-3-4-7-12)11(15)9-10-5-8-14(2)13-10/h5,8H,3-4,6-7,9H2,1-2H3. The molecule has 1 aromatic rings. The lowest BCUT2D eigenvalue weighted by atomic mass is 9.82. The van der Waals surface area contributed by atoms with E-state index < -0.39 is 0 Å². The molecular weight excluding hydrogens is 188 g/mol. The van der Waals surface area contributed by atoms with Crippen LogP contribution in [0.2, 0.25) is 0 Å². The van der Waals surface area contributed by atoms with Gasteiger partial charge >= 0.3 is 0 Å². The van der Waals surface area contributed by atoms with Crippen molar-refractivity contribution in [2.45, 2.75) is 39.0 Å². The fraction of sp³-hybridized carbons (Fsp3) is 0.667. The fourth-order valence-electron chi connectivity index (χ4n) is 2.37. The summed E-state index contributed by atoms with van der Waals surface area (Å²) in [5.74, 6) is 0.360. The summed E-state index contributed by atoms with van der Waals surface area (Å²) >= 11 is 0. The molecule has 82 valence electrons. The van der Waals surface area contributed by atoms with Crippen LogP contribution in [0.1, 0.15) is 38.3 Å². The van der Waals surface area contributed by atoms with E-state index in [1.165, 1.54) is 12.8 Å². The normalized spacial score (nSPS) is 19.3. The van der Waals surface area contributed by atoms with Gasteiger partial charge in [0, 0.05) is 18.7 Å². The number of ketones is 1. The van der Waals surface area contributed by atoms with Gasteiger partial charge < -0.3 is 0 Å². The Morgan fingerprint density at radius 2 is 2.20 bits per heavy atom. The molecule has 0 bridgehead atoms. The highest BCUT2D eigenvalue weighted by molar-refractivity contribution is 5.86. The first-order chi connectivity index (χ1) is 7.10. The molecule has 1 fully saturated rings. The van der Waals surface area contributed by atoms with E-state index in [1.54, 1.807) is 4.68 Å². The average Bonchev–Trinajstić information content (AvgIpc) is 2.76. The quantitative estimate of drug-likeness (QED) is 0.759. The van der Waals surface area contributed by atoms with E-state index in [1.807, 2.05) is 19.3 Å². The van der Waals surface area contributed by atoms with Crippen molar-refractivity contribution in [3.63, 3.8) is 0 Å². The lowest BCUT2D eigenvalue weighted by Gasteiger charge is -2.20. The van der Waals surface area contributed by atoms with Crippen molar-refractivity contribution in [3.05, 3.63) is 18.0 Å². The van der Waals surface area contributed by atoms with Crippen molar-refractivity contribution in [3.8, 4) is 0 Å². The Morgan fingerprint density at radius 1 is 1.53 bits per heavy atom. The van der Waals surface area contributed by atoms with Gasteiger partial charge in [0.1, 0.15) is 5.78 Å². The third-order valence-corrected chi connectivity index (χ3v) is 3.49. The molecule has 2 rings (SSSR count). The van der Waals surface area contributed by atoms with Crippen LogP contribution in [-0.2, 0) is 18.3 Å². The molecular formula is C12H18N2O. The maximum Gasteiger partial charge on any atom is 0.144 e. The van der Waals surface area contributed by atoms with Crippen molar-refractivity contribution >= 4 is 5.78 Å². The number of nitrogens with zero attached hydrogens (tertiary/aromatic N) is 2. The minimum Gasteiger partial charge on any atom is -0.299 e. The summed E-state index contributed by atoms with van der Waals surface area (Å²) in [4.78, 5) is 12.1. The Bertz CT molecular complexity index is 361. The second kappa shape index (κ2) is 3.80. The number of aryl methyl sites for hydroxylation is 1. The Morgan fingerprint density at radius 3 is 2.73 bits per heavy atom. The van der Waals surface area contributed by atoms with Crippen molar-refractivity contribution in [2.24, 2.45) is 12.5 Å². The van der Waals surface area contributed by atoms with E-state index in [-0.39, 0.29) is 5.41 Å². The van der Waals surface area contributed by atoms with Gasteiger partial charge in [-0.2, -0.15) is 5.10 Å². The zero-order chi connectivity index (χ0) is 10.9. The van der Waals surface area contributed by atoms with E-state index in [2.05, 4.69) is 12.0 Å². The summed E-state index contributed by atoms with van der Waals surface area (Å²) in [7, 11) is 1.88. The van der Waals surface area contributed by atoms with Crippen molar-refractivity contribution in [1.29, 1.82) is 0 Å². The number of carbonyl (C=O) groups is 1. The van der Waals surface area contributed by atoms with Crippen LogP contribution in [0.4, 0.5) is 0 Å². The fourth-order valence-corrected chi connectivity index (χ4v) is 2.37. The molecule has 0 saturated heterocycles. The molecule has 0 amide bonds. The molecule has 0 unspecified atom stereocenters. The Labute approximate surface area is 90.5 Å². The van der Waals surface area contributed by atoms with Crippen LogP contribution in [0, 0.1) is 5.41 Å². The van der Waals surface area contributed by atoms with Crippen LogP contribution in [0.25, 0.3) is 0 Å². The molecule has 0 aliphatic heterocycles. The summed E-state index contributed by atoms with van der Waals surface area (Å²) in [6.07, 6.45) is 6.89. The van der Waals surface area contributed by atoms with Gasteiger partial charge in [0.25, 0.3) is 0 Å². The number of Topliss-reactive ketones (excluding diaryl/α,β-unsaturated/α-hetero) is 1. The van der Waals surface area contributed by atoms with Crippen LogP contribution in [0.15, 0.2) is 12.3 Å². The molecule has 3 heteroatoms. The van der Waals surface area contributed by atoms with Crippen molar-refractivity contribution < 1.29 is 4.79 Å². The van der Waals surface area contributed by atoms with Crippen LogP contribution < -0.4 is 0 Å². The van der Waals surface area contributed by atoms with Crippen LogP contribution >= 0.6 is 0 Å². The molecule has 1 aromatic heterocycles. The minimum atomic E-state index is -0.0719. The van der Waals surface area contributed by atoms with Crippen molar-refractivity contribution in [1.82, 2.24) is 9.78 Å². The number of hydrogen-bond donors (Lipinski definition) is 0. The first kappa shape index (κ1) is 10.4. The molecule has 1 aliphatic carbocycles. The summed E-state index contributed by atoms with van der Waals surface area (Å²) in [6.45, 7) is 2.10. The molecule has 1 aliphatic rings. The lowest BCUT2D eigenvalue weighted by molar-refractivity contribution is -0.127. The predicted molar refractivity (Wildman–Crippen MR) is 58.5 cm³/mol. The molecule has 1 saturated carbocycles. The van der Waals surface area contributed by atoms with Crippen LogP contribution in [0.3, 0.4) is 0 Å². The highest BCUT2D eigenvalue weighted by atomic mass is 16.1. The van der Waals surface area contributed by atoms with Gasteiger partial charge in [-0.1, -0.05) is 19.8 Å². The molecule has 3 nitrogen and oxygen atoms in total. The maximum absolute atomic E-state index is 12.1. The highest BCUT2D eigenvalue weighted by Crippen LogP contribution is 2.38. The van der Waals surface area contributed by atoms with Crippen molar-refractivity contribution in [2.75, 3.05) is 0 Å². The van der Waals surface area contributed by atoms with E-state index >= 15 is 0 Å². The Balaban J connectivity index is 2.03. The van der Waals surface area contributed by atoms with Gasteiger partial charge in [-0.15, -0.1) is 0 Å². The van der Waals surface area contributed by atoms with Gasteiger partial charge in [-0.3, -0.25) is 9.48 Å². The summed E-state index contributed by atoms with van der Waals surface area (Å²) < 4.78 is 1.75. The number of carbonyl (C=O) groups excluding carboxylic acids is 1. The average molecular weight is 206 g/mol. The SMILES string of the molecule is Cn1ccc(CC(=O)C2(C)CCCC2)n1. The third-order valence-electron chi connectivity index (χ3n) is 3.49. The second-order valence-electron chi connectivity index (χ2n) is 4.85. The molecule has 0 atom stereocenters. The summed E-state index contributed by atoms with van der Waals surface area (Å²) in [5, 5.41) is 4.25. The summed E-state index contributed by atoms with van der Waals surface area (Å²) in [6, 6.07) is 1.93. The van der Waals surface area contributed by atoms with Gasteiger partial charge in [-0.25, -0.2) is 0 Å². The number of hydrogen-bond acceptors (Lipinski definition) is 2. The first-order valence-electron chi connectivity index (χ1n) is 5.62. The second-order valence-corrected chi connectivity index (χ2v) is 4.85. The van der Waals surface area contributed by atoms with Gasteiger partial charge in [0.15, 0.2) is 0 Å². The summed E-state index contributed by atoms with van der Waals surface area (Å²) in [5.41, 5.74) is 0.827. The molecule has 1 heterocycles. The zero-order valence-corrected chi connectivity index (χ0v) is 9.49. The molecule has 0 radical (unpaired) electrons. The number of aromatic nitrogens is 2. The van der Waals surface area contributed by atoms with Gasteiger partial charge in [0.05, 0.1) is 12.1 Å². The Kier molecular flexibility index (Phi) is 2.63. The topological polar surface area (TPSA) is 34.9 Å². The van der Waals surface area contributed by atoms with Gasteiger partial charge in [0.2, 0.25) is 0 Å². The van der Waals surface area contributed by atoms with E-state index in [0.29, 0.717) is 12.2 Å². The highest BCUT2D eigenvalue weighted by Gasteiger charge is 2.35. The van der Waals surface area contributed by atoms with E-state index in [0.717, 1.165) is 18.5 Å². The molecule has 0 N–H and O–H groups in total. The molecule has 0 aromatic carbocycles. The third kappa shape index (κ3) is 2.11. The maximum atomic E-state index is 12.1. The van der Waals surface area contributed by atoms with Gasteiger partial charge in [-0.05, 0) is 18.9 Å². The van der Waals surface area contributed by atoms with Crippen LogP contribution in [0.5, 0.6) is 0 Å². The first-order valence-corrected chi connectivity index (χ1v) is 5.62. The molecule has 0 spiro atoms. The number of rotatable bonds is 3. The van der Waals surface area contributed by atoms with Crippen LogP contribution in [-0.4, -0.2) is 15.6 Å². The molecule has 15 heavy (non-hydrogen) atoms. The minimum absolute atomic E-state index is 0.0719. The zero-order valence-electron chi connectivity index (χ0n) is 9.49. The predicted octanol–water partition coefficient (Wildman–Crippen LogP) is 2.11. The largest absolute Gasteiger partial charge is 0.299 e. The van der Waals surface area contributed by atoms with E-state index in [9.17, 15) is 4.79 Å². The Hall–Kier alpha value is -1.12. The monoisotopic (exact) mass is 206 g/mol.